The maximum Gasteiger partial charge on any atom is 0.326 e. The van der Waals surface area contributed by atoms with E-state index in [1.807, 2.05) is 6.92 Å². The minimum atomic E-state index is -0.960. The average Bonchev–Trinajstić information content (AvgIpc) is 2.37. The Labute approximate surface area is 121 Å². The van der Waals surface area contributed by atoms with Gasteiger partial charge in [0.2, 0.25) is 0 Å². The fraction of sp³-hybridized carbons (Fsp3) is 0.867. The summed E-state index contributed by atoms with van der Waals surface area (Å²) in [6.45, 7) is 6.42. The zero-order valence-corrected chi connectivity index (χ0v) is 13.1. The number of nitrogens with zero attached hydrogens (tertiary/aromatic N) is 1. The van der Waals surface area contributed by atoms with Crippen LogP contribution >= 0.6 is 0 Å². The summed E-state index contributed by atoms with van der Waals surface area (Å²) in [4.78, 5) is 24.9. The zero-order valence-electron chi connectivity index (χ0n) is 13.1. The molecule has 20 heavy (non-hydrogen) atoms. The van der Waals surface area contributed by atoms with Crippen LogP contribution in [0.3, 0.4) is 0 Å². The first-order valence-electron chi connectivity index (χ1n) is 7.53. The number of carbonyl (C=O) groups is 2. The first-order valence-corrected chi connectivity index (χ1v) is 7.53. The molecular formula is C15H28N2O3. The SMILES string of the molecule is CCCC(NC(=O)N(C)C1CCC(C)(C)CC1)C(=O)O. The number of amides is 2. The molecule has 1 fully saturated rings. The summed E-state index contributed by atoms with van der Waals surface area (Å²) in [5, 5.41) is 11.7. The molecule has 0 bridgehead atoms. The molecule has 0 saturated heterocycles. The van der Waals surface area contributed by atoms with Crippen LogP contribution in [0.4, 0.5) is 4.79 Å². The largest absolute Gasteiger partial charge is 0.480 e. The van der Waals surface area contributed by atoms with E-state index in [4.69, 9.17) is 5.11 Å². The molecular weight excluding hydrogens is 256 g/mol. The third-order valence-corrected chi connectivity index (χ3v) is 4.35. The standard InChI is InChI=1S/C15H28N2O3/c1-5-6-12(13(18)19)16-14(20)17(4)11-7-9-15(2,3)10-8-11/h11-12H,5-10H2,1-4H3,(H,16,20)(H,18,19). The number of urea groups is 1. The molecule has 1 aliphatic rings. The molecule has 5 nitrogen and oxygen atoms in total. The van der Waals surface area contributed by atoms with Crippen LogP contribution in [0.2, 0.25) is 0 Å². The Kier molecular flexibility index (Phi) is 5.84. The van der Waals surface area contributed by atoms with Crippen LogP contribution in [0.1, 0.15) is 59.3 Å². The van der Waals surface area contributed by atoms with Crippen LogP contribution in [0, 0.1) is 5.41 Å². The molecule has 1 unspecified atom stereocenters. The lowest BCUT2D eigenvalue weighted by atomic mass is 9.75. The Morgan fingerprint density at radius 2 is 1.90 bits per heavy atom. The lowest BCUT2D eigenvalue weighted by Crippen LogP contribution is -2.50. The maximum absolute atomic E-state index is 12.1. The number of nitrogens with one attached hydrogen (secondary N) is 1. The van der Waals surface area contributed by atoms with Crippen molar-refractivity contribution in [2.75, 3.05) is 7.05 Å². The predicted octanol–water partition coefficient (Wildman–Crippen LogP) is 2.85. The lowest BCUT2D eigenvalue weighted by Gasteiger charge is -2.38. The number of aliphatic carboxylic acids is 1. The molecule has 2 N–H and O–H groups in total. The van der Waals surface area contributed by atoms with Gasteiger partial charge in [0.15, 0.2) is 0 Å². The Balaban J connectivity index is 2.52. The molecule has 5 heteroatoms. The highest BCUT2D eigenvalue weighted by atomic mass is 16.4. The Hall–Kier alpha value is -1.26. The van der Waals surface area contributed by atoms with Crippen LogP contribution in [-0.4, -0.2) is 41.1 Å². The van der Waals surface area contributed by atoms with Crippen LogP contribution in [-0.2, 0) is 4.79 Å². The topological polar surface area (TPSA) is 69.6 Å². The number of hydrogen-bond donors (Lipinski definition) is 2. The molecule has 0 radical (unpaired) electrons. The van der Waals surface area contributed by atoms with Crippen molar-refractivity contribution in [2.24, 2.45) is 5.41 Å². The van der Waals surface area contributed by atoms with E-state index in [0.717, 1.165) is 32.1 Å². The van der Waals surface area contributed by atoms with Crippen molar-refractivity contribution in [1.29, 1.82) is 0 Å². The summed E-state index contributed by atoms with van der Waals surface area (Å²) >= 11 is 0. The minimum absolute atomic E-state index is 0.221. The van der Waals surface area contributed by atoms with Gasteiger partial charge in [-0.25, -0.2) is 9.59 Å². The van der Waals surface area contributed by atoms with E-state index in [1.54, 1.807) is 11.9 Å². The van der Waals surface area contributed by atoms with Crippen LogP contribution in [0.5, 0.6) is 0 Å². The fourth-order valence-electron chi connectivity index (χ4n) is 2.73. The maximum atomic E-state index is 12.1. The van der Waals surface area contributed by atoms with E-state index < -0.39 is 12.0 Å². The van der Waals surface area contributed by atoms with Crippen LogP contribution in [0.25, 0.3) is 0 Å². The van der Waals surface area contributed by atoms with Gasteiger partial charge in [-0.2, -0.15) is 0 Å². The van der Waals surface area contributed by atoms with Gasteiger partial charge >= 0.3 is 12.0 Å². The monoisotopic (exact) mass is 284 g/mol. The molecule has 0 aromatic rings. The zero-order chi connectivity index (χ0) is 15.3. The van der Waals surface area contributed by atoms with Crippen molar-refractivity contribution in [3.63, 3.8) is 0 Å². The quantitative estimate of drug-likeness (QED) is 0.815. The van der Waals surface area contributed by atoms with Crippen molar-refractivity contribution in [3.05, 3.63) is 0 Å². The first-order chi connectivity index (χ1) is 9.26. The summed E-state index contributed by atoms with van der Waals surface area (Å²) in [7, 11) is 1.77. The summed E-state index contributed by atoms with van der Waals surface area (Å²) in [5.41, 5.74) is 0.361. The van der Waals surface area contributed by atoms with Crippen molar-refractivity contribution in [2.45, 2.75) is 71.4 Å². The van der Waals surface area contributed by atoms with Crippen molar-refractivity contribution in [1.82, 2.24) is 10.2 Å². The first kappa shape index (κ1) is 16.8. The van der Waals surface area contributed by atoms with E-state index in [9.17, 15) is 9.59 Å². The number of carbonyl (C=O) groups excluding carboxylic acids is 1. The van der Waals surface area contributed by atoms with Gasteiger partial charge in [0.25, 0.3) is 0 Å². The molecule has 1 saturated carbocycles. The second-order valence-electron chi connectivity index (χ2n) is 6.64. The van der Waals surface area contributed by atoms with E-state index in [-0.39, 0.29) is 12.1 Å². The highest BCUT2D eigenvalue weighted by Gasteiger charge is 2.31. The number of carboxylic acids is 1. The van der Waals surface area contributed by atoms with Gasteiger partial charge in [0, 0.05) is 13.1 Å². The van der Waals surface area contributed by atoms with Gasteiger partial charge in [-0.1, -0.05) is 27.2 Å². The smallest absolute Gasteiger partial charge is 0.326 e. The molecule has 0 spiro atoms. The second-order valence-corrected chi connectivity index (χ2v) is 6.64. The second kappa shape index (κ2) is 6.95. The van der Waals surface area contributed by atoms with Crippen molar-refractivity contribution < 1.29 is 14.7 Å². The van der Waals surface area contributed by atoms with Gasteiger partial charge in [-0.05, 0) is 37.5 Å². The summed E-state index contributed by atoms with van der Waals surface area (Å²) < 4.78 is 0. The Bertz CT molecular complexity index is 345. The fourth-order valence-corrected chi connectivity index (χ4v) is 2.73. The third kappa shape index (κ3) is 4.69. The molecule has 1 rings (SSSR count). The van der Waals surface area contributed by atoms with Crippen LogP contribution < -0.4 is 5.32 Å². The average molecular weight is 284 g/mol. The van der Waals surface area contributed by atoms with Crippen molar-refractivity contribution in [3.8, 4) is 0 Å². The van der Waals surface area contributed by atoms with Gasteiger partial charge in [-0.3, -0.25) is 0 Å². The molecule has 0 aromatic heterocycles. The summed E-state index contributed by atoms with van der Waals surface area (Å²) in [6, 6.07) is -0.829. The van der Waals surface area contributed by atoms with Gasteiger partial charge in [-0.15, -0.1) is 0 Å². The number of rotatable bonds is 5. The van der Waals surface area contributed by atoms with E-state index in [0.29, 0.717) is 11.8 Å². The van der Waals surface area contributed by atoms with E-state index in [1.165, 1.54) is 0 Å². The molecule has 1 atom stereocenters. The predicted molar refractivity (Wildman–Crippen MR) is 78.7 cm³/mol. The molecule has 0 aliphatic heterocycles. The highest BCUT2D eigenvalue weighted by Crippen LogP contribution is 2.36. The number of hydrogen-bond acceptors (Lipinski definition) is 2. The van der Waals surface area contributed by atoms with E-state index in [2.05, 4.69) is 19.2 Å². The molecule has 1 aliphatic carbocycles. The molecule has 116 valence electrons. The van der Waals surface area contributed by atoms with Gasteiger partial charge in [0.05, 0.1) is 0 Å². The van der Waals surface area contributed by atoms with Gasteiger partial charge in [0.1, 0.15) is 6.04 Å². The Morgan fingerprint density at radius 3 is 2.35 bits per heavy atom. The Morgan fingerprint density at radius 1 is 1.35 bits per heavy atom. The van der Waals surface area contributed by atoms with Gasteiger partial charge < -0.3 is 15.3 Å². The minimum Gasteiger partial charge on any atom is -0.480 e. The van der Waals surface area contributed by atoms with Crippen molar-refractivity contribution >= 4 is 12.0 Å². The summed E-state index contributed by atoms with van der Waals surface area (Å²) in [5.74, 6) is -0.960. The number of carboxylic acid groups (broad SMARTS) is 1. The normalized spacial score (nSPS) is 20.2. The highest BCUT2D eigenvalue weighted by molar-refractivity contribution is 5.82. The third-order valence-electron chi connectivity index (χ3n) is 4.35. The van der Waals surface area contributed by atoms with E-state index >= 15 is 0 Å². The molecule has 2 amide bonds. The molecule has 0 heterocycles. The molecule has 0 aromatic carbocycles. The van der Waals surface area contributed by atoms with Crippen LogP contribution in [0.15, 0.2) is 0 Å². The summed E-state index contributed by atoms with van der Waals surface area (Å²) in [6.07, 6.45) is 5.38. The lowest BCUT2D eigenvalue weighted by molar-refractivity contribution is -0.139.